The van der Waals surface area contributed by atoms with Crippen LogP contribution in [0.2, 0.25) is 0 Å². The Kier molecular flexibility index (Phi) is 6.04. The van der Waals surface area contributed by atoms with Gasteiger partial charge in [0.1, 0.15) is 0 Å². The third kappa shape index (κ3) is 5.22. The van der Waals surface area contributed by atoms with Crippen molar-refractivity contribution in [3.8, 4) is 0 Å². The van der Waals surface area contributed by atoms with Crippen LogP contribution in [0.1, 0.15) is 25.7 Å². The van der Waals surface area contributed by atoms with Crippen molar-refractivity contribution in [2.75, 3.05) is 33.4 Å². The van der Waals surface area contributed by atoms with Crippen molar-refractivity contribution < 1.29 is 13.5 Å². The molecule has 6 heteroatoms. The Morgan fingerprint density at radius 3 is 2.50 bits per heavy atom. The first-order chi connectivity index (χ1) is 8.30. The number of hydrogen-bond acceptors (Lipinski definition) is 5. The minimum absolute atomic E-state index is 0.00874. The molecule has 18 heavy (non-hydrogen) atoms. The van der Waals surface area contributed by atoms with Crippen LogP contribution in [0.4, 0.5) is 0 Å². The van der Waals surface area contributed by atoms with Gasteiger partial charge in [-0.05, 0) is 26.9 Å². The zero-order valence-electron chi connectivity index (χ0n) is 11.6. The van der Waals surface area contributed by atoms with Gasteiger partial charge in [-0.2, -0.15) is 0 Å². The number of rotatable bonds is 6. The molecule has 0 saturated heterocycles. The van der Waals surface area contributed by atoms with Crippen molar-refractivity contribution in [1.29, 1.82) is 0 Å². The molecule has 0 aromatic carbocycles. The second-order valence-electron chi connectivity index (χ2n) is 5.58. The fourth-order valence-corrected chi connectivity index (χ4v) is 4.04. The Bertz CT molecular complexity index is 343. The molecule has 1 saturated carbocycles. The van der Waals surface area contributed by atoms with Gasteiger partial charge in [-0.15, -0.1) is 0 Å². The van der Waals surface area contributed by atoms with Crippen LogP contribution in [0.25, 0.3) is 0 Å². The largest absolute Gasteiger partial charge is 0.390 e. The van der Waals surface area contributed by atoms with Gasteiger partial charge < -0.3 is 15.3 Å². The van der Waals surface area contributed by atoms with Crippen molar-refractivity contribution in [3.63, 3.8) is 0 Å². The highest BCUT2D eigenvalue weighted by Crippen LogP contribution is 2.23. The van der Waals surface area contributed by atoms with E-state index < -0.39 is 15.9 Å². The van der Waals surface area contributed by atoms with E-state index in [2.05, 4.69) is 5.32 Å². The minimum Gasteiger partial charge on any atom is -0.390 e. The lowest BCUT2D eigenvalue weighted by Gasteiger charge is -2.32. The van der Waals surface area contributed by atoms with Gasteiger partial charge in [-0.25, -0.2) is 8.42 Å². The molecule has 0 aliphatic heterocycles. The first-order valence-corrected chi connectivity index (χ1v) is 8.51. The van der Waals surface area contributed by atoms with Crippen LogP contribution >= 0.6 is 0 Å². The van der Waals surface area contributed by atoms with Crippen molar-refractivity contribution in [2.24, 2.45) is 0 Å². The third-order valence-electron chi connectivity index (χ3n) is 3.44. The summed E-state index contributed by atoms with van der Waals surface area (Å²) in [6.45, 7) is 1.04. The summed E-state index contributed by atoms with van der Waals surface area (Å²) in [6.07, 6.45) is 4.52. The van der Waals surface area contributed by atoms with E-state index in [0.717, 1.165) is 25.7 Å². The molecule has 0 amide bonds. The Balaban J connectivity index is 2.48. The highest BCUT2D eigenvalue weighted by Gasteiger charge is 2.32. The summed E-state index contributed by atoms with van der Waals surface area (Å²) in [5, 5.41) is 12.7. The normalized spacial score (nSPS) is 27.4. The Morgan fingerprint density at radius 2 is 1.94 bits per heavy atom. The van der Waals surface area contributed by atoms with Crippen LogP contribution in [0, 0.1) is 0 Å². The average Bonchev–Trinajstić information content (AvgIpc) is 2.24. The number of nitrogens with zero attached hydrogens (tertiary/aromatic N) is 1. The van der Waals surface area contributed by atoms with E-state index in [1.165, 1.54) is 6.26 Å². The van der Waals surface area contributed by atoms with Gasteiger partial charge in [0.15, 0.2) is 9.84 Å². The summed E-state index contributed by atoms with van der Waals surface area (Å²) in [5.41, 5.74) is 0. The maximum absolute atomic E-state index is 11.7. The van der Waals surface area contributed by atoms with Gasteiger partial charge in [0.05, 0.1) is 11.4 Å². The number of nitrogens with one attached hydrogen (secondary N) is 1. The molecule has 1 aliphatic carbocycles. The van der Waals surface area contributed by atoms with E-state index in [9.17, 15) is 13.5 Å². The van der Waals surface area contributed by atoms with Crippen molar-refractivity contribution >= 4 is 9.84 Å². The molecule has 1 aliphatic rings. The molecule has 1 fully saturated rings. The minimum atomic E-state index is -3.00. The van der Waals surface area contributed by atoms with Crippen LogP contribution in [0.15, 0.2) is 0 Å². The van der Waals surface area contributed by atoms with E-state index >= 15 is 0 Å². The fourth-order valence-electron chi connectivity index (χ4n) is 2.62. The van der Waals surface area contributed by atoms with Crippen LogP contribution in [-0.2, 0) is 9.84 Å². The Hall–Kier alpha value is -0.170. The smallest absolute Gasteiger partial charge is 0.151 e. The van der Waals surface area contributed by atoms with Crippen LogP contribution < -0.4 is 5.32 Å². The number of sulfone groups is 1. The fraction of sp³-hybridized carbons (Fsp3) is 1.00. The highest BCUT2D eigenvalue weighted by molar-refractivity contribution is 7.91. The number of aliphatic hydroxyl groups is 1. The Labute approximate surface area is 110 Å². The molecule has 5 nitrogen and oxygen atoms in total. The molecule has 108 valence electrons. The van der Waals surface area contributed by atoms with Crippen molar-refractivity contribution in [3.05, 3.63) is 0 Å². The van der Waals surface area contributed by atoms with Crippen LogP contribution in [0.3, 0.4) is 0 Å². The molecule has 1 rings (SSSR count). The predicted molar refractivity (Wildman–Crippen MR) is 73.5 cm³/mol. The molecule has 0 aromatic heterocycles. The SMILES string of the molecule is CN(C)CC(O)CNC1CCCCC1S(C)(=O)=O. The summed E-state index contributed by atoms with van der Waals surface area (Å²) in [6, 6.07) is -0.00874. The van der Waals surface area contributed by atoms with Gasteiger partial charge in [0.25, 0.3) is 0 Å². The molecule has 0 heterocycles. The van der Waals surface area contributed by atoms with E-state index in [-0.39, 0.29) is 11.3 Å². The van der Waals surface area contributed by atoms with Crippen molar-refractivity contribution in [1.82, 2.24) is 10.2 Å². The number of hydrogen-bond donors (Lipinski definition) is 2. The zero-order valence-corrected chi connectivity index (χ0v) is 12.4. The molecular formula is C12H26N2O3S. The van der Waals surface area contributed by atoms with E-state index in [0.29, 0.717) is 13.1 Å². The second-order valence-corrected chi connectivity index (χ2v) is 7.85. The quantitative estimate of drug-likeness (QED) is 0.707. The average molecular weight is 278 g/mol. The zero-order chi connectivity index (χ0) is 13.8. The summed E-state index contributed by atoms with van der Waals surface area (Å²) in [5.74, 6) is 0. The third-order valence-corrected chi connectivity index (χ3v) is 5.11. The molecule has 0 aromatic rings. The molecular weight excluding hydrogens is 252 g/mol. The van der Waals surface area contributed by atoms with E-state index in [4.69, 9.17) is 0 Å². The standard InChI is InChI=1S/C12H26N2O3S/c1-14(2)9-10(15)8-13-11-6-4-5-7-12(11)18(3,16)17/h10-13,15H,4-9H2,1-3H3. The molecule has 2 N–H and O–H groups in total. The van der Waals surface area contributed by atoms with Gasteiger partial charge in [-0.3, -0.25) is 0 Å². The van der Waals surface area contributed by atoms with Gasteiger partial charge >= 0.3 is 0 Å². The van der Waals surface area contributed by atoms with Gasteiger partial charge in [0.2, 0.25) is 0 Å². The maximum atomic E-state index is 11.7. The molecule has 0 bridgehead atoms. The number of aliphatic hydroxyl groups excluding tert-OH is 1. The molecule has 0 radical (unpaired) electrons. The molecule has 0 spiro atoms. The first kappa shape index (κ1) is 15.9. The lowest BCUT2D eigenvalue weighted by atomic mass is 9.95. The van der Waals surface area contributed by atoms with Gasteiger partial charge in [0, 0.05) is 25.4 Å². The summed E-state index contributed by atoms with van der Waals surface area (Å²) in [7, 11) is 0.811. The lowest BCUT2D eigenvalue weighted by molar-refractivity contribution is 0.129. The van der Waals surface area contributed by atoms with E-state index in [1.54, 1.807) is 0 Å². The summed E-state index contributed by atoms with van der Waals surface area (Å²) in [4.78, 5) is 1.92. The number of likely N-dealkylation sites (N-methyl/N-ethyl adjacent to an activating group) is 1. The van der Waals surface area contributed by atoms with Crippen LogP contribution in [0.5, 0.6) is 0 Å². The van der Waals surface area contributed by atoms with E-state index in [1.807, 2.05) is 19.0 Å². The summed E-state index contributed by atoms with van der Waals surface area (Å²) < 4.78 is 23.4. The van der Waals surface area contributed by atoms with Crippen LogP contribution in [-0.4, -0.2) is 69.3 Å². The van der Waals surface area contributed by atoms with Crippen molar-refractivity contribution in [2.45, 2.75) is 43.1 Å². The summed E-state index contributed by atoms with van der Waals surface area (Å²) >= 11 is 0. The Morgan fingerprint density at radius 1 is 1.33 bits per heavy atom. The predicted octanol–water partition coefficient (Wildman–Crippen LogP) is -0.146. The van der Waals surface area contributed by atoms with Gasteiger partial charge in [-0.1, -0.05) is 12.8 Å². The second kappa shape index (κ2) is 6.84. The maximum Gasteiger partial charge on any atom is 0.151 e. The lowest BCUT2D eigenvalue weighted by Crippen LogP contribution is -2.49. The highest BCUT2D eigenvalue weighted by atomic mass is 32.2. The first-order valence-electron chi connectivity index (χ1n) is 6.55. The topological polar surface area (TPSA) is 69.6 Å². The molecule has 3 unspecified atom stereocenters. The molecule has 3 atom stereocenters. The monoisotopic (exact) mass is 278 g/mol.